The molecule has 3 aromatic rings. The van der Waals surface area contributed by atoms with Crippen LogP contribution in [-0.2, 0) is 16.0 Å². The van der Waals surface area contributed by atoms with Crippen molar-refractivity contribution in [2.45, 2.75) is 45.8 Å². The van der Waals surface area contributed by atoms with Crippen molar-refractivity contribution in [1.82, 2.24) is 19.9 Å². The molecule has 1 aliphatic carbocycles. The second-order valence-corrected chi connectivity index (χ2v) is 9.92. The van der Waals surface area contributed by atoms with Gasteiger partial charge in [0.25, 0.3) is 5.89 Å². The normalized spacial score (nSPS) is 16.4. The Morgan fingerprint density at radius 1 is 1.29 bits per heavy atom. The molecule has 1 aliphatic rings. The van der Waals surface area contributed by atoms with Crippen molar-refractivity contribution in [2.75, 3.05) is 27.2 Å². The number of fused-ring (bicyclic) bond motifs is 1. The molecule has 2 unspecified atom stereocenters. The summed E-state index contributed by atoms with van der Waals surface area (Å²) in [6, 6.07) is 13.2. The van der Waals surface area contributed by atoms with Crippen molar-refractivity contribution in [3.8, 4) is 34.7 Å². The van der Waals surface area contributed by atoms with Gasteiger partial charge in [-0.1, -0.05) is 23.4 Å². The van der Waals surface area contributed by atoms with Crippen LogP contribution in [0.15, 0.2) is 40.9 Å². The average molecular weight is 516 g/mol. The second-order valence-electron chi connectivity index (χ2n) is 9.92. The summed E-state index contributed by atoms with van der Waals surface area (Å²) in [6.07, 6.45) is 1.95. The van der Waals surface area contributed by atoms with Crippen molar-refractivity contribution >= 4 is 12.2 Å². The maximum atomic E-state index is 12.6. The van der Waals surface area contributed by atoms with Gasteiger partial charge >= 0.3 is 0 Å². The average Bonchev–Trinajstić information content (AvgIpc) is 3.53. The number of carbonyl (C=O) groups is 2. The number of nitrogens with zero attached hydrogens (tertiary/aromatic N) is 5. The Kier molecular flexibility index (Phi) is 8.23. The molecular weight excluding hydrogens is 482 g/mol. The molecule has 1 amide bonds. The van der Waals surface area contributed by atoms with E-state index in [0.717, 1.165) is 23.0 Å². The van der Waals surface area contributed by atoms with Crippen LogP contribution in [0.3, 0.4) is 0 Å². The Morgan fingerprint density at radius 2 is 2.08 bits per heavy atom. The molecule has 0 saturated heterocycles. The zero-order chi connectivity index (χ0) is 27.4. The highest BCUT2D eigenvalue weighted by atomic mass is 16.5. The van der Waals surface area contributed by atoms with E-state index >= 15 is 0 Å². The molecule has 0 N–H and O–H groups in total. The van der Waals surface area contributed by atoms with E-state index in [0.29, 0.717) is 48.0 Å². The van der Waals surface area contributed by atoms with Crippen LogP contribution in [0, 0.1) is 17.2 Å². The van der Waals surface area contributed by atoms with Gasteiger partial charge in [-0.3, -0.25) is 9.69 Å². The number of hydrogen-bond acceptors (Lipinski definition) is 8. The fourth-order valence-corrected chi connectivity index (χ4v) is 5.05. The maximum Gasteiger partial charge on any atom is 0.258 e. The predicted octanol–water partition coefficient (Wildman–Crippen LogP) is 4.27. The summed E-state index contributed by atoms with van der Waals surface area (Å²) >= 11 is 0. The van der Waals surface area contributed by atoms with Crippen LogP contribution in [0.5, 0.6) is 5.75 Å². The van der Waals surface area contributed by atoms with Gasteiger partial charge in [-0.05, 0) is 69.5 Å². The Labute approximate surface area is 223 Å². The molecule has 9 nitrogen and oxygen atoms in total. The van der Waals surface area contributed by atoms with E-state index in [4.69, 9.17) is 9.26 Å². The van der Waals surface area contributed by atoms with Gasteiger partial charge in [0.05, 0.1) is 18.2 Å². The predicted molar refractivity (Wildman–Crippen MR) is 142 cm³/mol. The summed E-state index contributed by atoms with van der Waals surface area (Å²) in [5.41, 5.74) is 3.97. The zero-order valence-electron chi connectivity index (χ0n) is 22.5. The van der Waals surface area contributed by atoms with E-state index in [9.17, 15) is 14.9 Å². The van der Waals surface area contributed by atoms with E-state index in [1.165, 1.54) is 0 Å². The van der Waals surface area contributed by atoms with Gasteiger partial charge in [0.15, 0.2) is 0 Å². The van der Waals surface area contributed by atoms with Gasteiger partial charge in [-0.15, -0.1) is 0 Å². The highest BCUT2D eigenvalue weighted by Gasteiger charge is 2.37. The molecule has 0 saturated carbocycles. The van der Waals surface area contributed by atoms with Gasteiger partial charge in [-0.25, -0.2) is 0 Å². The minimum atomic E-state index is -0.0811. The molecule has 38 heavy (non-hydrogen) atoms. The lowest BCUT2D eigenvalue weighted by Gasteiger charge is -2.30. The van der Waals surface area contributed by atoms with E-state index in [1.54, 1.807) is 30.1 Å². The number of nitriles is 1. The minimum absolute atomic E-state index is 0.0337. The summed E-state index contributed by atoms with van der Waals surface area (Å²) < 4.78 is 11.3. The molecule has 2 aromatic carbocycles. The first kappa shape index (κ1) is 27.0. The molecule has 0 fully saturated rings. The van der Waals surface area contributed by atoms with Crippen LogP contribution in [0.2, 0.25) is 0 Å². The van der Waals surface area contributed by atoms with Gasteiger partial charge in [0, 0.05) is 37.2 Å². The number of likely N-dealkylation sites (N-methyl/N-ethyl adjacent to an activating group) is 2. The number of ether oxygens (including phenoxy) is 1. The van der Waals surface area contributed by atoms with Gasteiger partial charge in [0.2, 0.25) is 11.7 Å². The zero-order valence-corrected chi connectivity index (χ0v) is 22.5. The number of amides is 1. The van der Waals surface area contributed by atoms with Crippen LogP contribution in [0.1, 0.15) is 49.9 Å². The van der Waals surface area contributed by atoms with Crippen LogP contribution in [0.4, 0.5) is 0 Å². The Balaban J connectivity index is 1.66. The van der Waals surface area contributed by atoms with Crippen molar-refractivity contribution in [3.05, 3.63) is 53.1 Å². The molecule has 1 heterocycles. The maximum absolute atomic E-state index is 12.6. The van der Waals surface area contributed by atoms with Gasteiger partial charge in [0.1, 0.15) is 18.1 Å². The van der Waals surface area contributed by atoms with Crippen LogP contribution < -0.4 is 4.74 Å². The first-order valence-corrected chi connectivity index (χ1v) is 12.8. The lowest BCUT2D eigenvalue weighted by atomic mass is 9.96. The van der Waals surface area contributed by atoms with E-state index < -0.39 is 0 Å². The third-order valence-corrected chi connectivity index (χ3v) is 6.98. The Hall–Kier alpha value is -4.03. The third-order valence-electron chi connectivity index (χ3n) is 6.98. The minimum Gasteiger partial charge on any atom is -0.490 e. The van der Waals surface area contributed by atoms with Gasteiger partial charge in [-0.2, -0.15) is 10.2 Å². The summed E-state index contributed by atoms with van der Waals surface area (Å²) in [5.74, 6) is 1.31. The molecule has 1 aromatic heterocycles. The Bertz CT molecular complexity index is 1360. The molecule has 4 rings (SSSR count). The third kappa shape index (κ3) is 5.46. The molecule has 198 valence electrons. The van der Waals surface area contributed by atoms with Crippen molar-refractivity contribution < 1.29 is 18.8 Å². The summed E-state index contributed by atoms with van der Waals surface area (Å²) in [5, 5.41) is 13.8. The first-order valence-electron chi connectivity index (χ1n) is 12.8. The van der Waals surface area contributed by atoms with E-state index in [1.807, 2.05) is 50.9 Å². The number of aldehydes is 1. The van der Waals surface area contributed by atoms with E-state index in [-0.39, 0.29) is 30.5 Å². The number of carbonyl (C=O) groups excluding carboxylic acids is 2. The molecule has 2 atom stereocenters. The van der Waals surface area contributed by atoms with Crippen molar-refractivity contribution in [2.24, 2.45) is 5.92 Å². The smallest absolute Gasteiger partial charge is 0.258 e. The SMILES string of the molecule is CCN(C)C(=O)CN(C)C1c2cccc(-c3noc(-c4ccc(OC(C)C)c(C#N)c4)n3)c2CC1CC=O. The summed E-state index contributed by atoms with van der Waals surface area (Å²) in [7, 11) is 3.72. The number of rotatable bonds is 10. The molecule has 0 aliphatic heterocycles. The fourth-order valence-electron chi connectivity index (χ4n) is 5.05. The highest BCUT2D eigenvalue weighted by Crippen LogP contribution is 2.44. The first-order chi connectivity index (χ1) is 18.3. The number of benzene rings is 2. The molecule has 0 spiro atoms. The summed E-state index contributed by atoms with van der Waals surface area (Å²) in [6.45, 7) is 6.65. The lowest BCUT2D eigenvalue weighted by Crippen LogP contribution is -2.39. The largest absolute Gasteiger partial charge is 0.490 e. The molecule has 0 bridgehead atoms. The Morgan fingerprint density at radius 3 is 2.76 bits per heavy atom. The lowest BCUT2D eigenvalue weighted by molar-refractivity contribution is -0.131. The van der Waals surface area contributed by atoms with Crippen LogP contribution >= 0.6 is 0 Å². The molecule has 0 radical (unpaired) electrons. The molecular formula is C29H33N5O4. The highest BCUT2D eigenvalue weighted by molar-refractivity contribution is 5.78. The van der Waals surface area contributed by atoms with Gasteiger partial charge < -0.3 is 19.0 Å². The fraction of sp³-hybridized carbons (Fsp3) is 0.414. The number of aromatic nitrogens is 2. The van der Waals surface area contributed by atoms with Crippen LogP contribution in [0.25, 0.3) is 22.8 Å². The monoisotopic (exact) mass is 515 g/mol. The topological polar surface area (TPSA) is 113 Å². The standard InChI is InChI=1S/C29H33N5O4/c1-6-33(4)26(36)17-34(5)27-19(12-13-35)15-24-22(27)8-7-9-23(24)28-31-29(38-32-28)20-10-11-25(37-18(2)3)21(14-20)16-30/h7-11,13-14,18-19,27H,6,12,15,17H2,1-5H3. The second kappa shape index (κ2) is 11.6. The molecule has 9 heteroatoms. The van der Waals surface area contributed by atoms with E-state index in [2.05, 4.69) is 16.2 Å². The van der Waals surface area contributed by atoms with Crippen LogP contribution in [-0.4, -0.2) is 65.4 Å². The summed E-state index contributed by atoms with van der Waals surface area (Å²) in [4.78, 5) is 32.5. The van der Waals surface area contributed by atoms with Crippen molar-refractivity contribution in [1.29, 1.82) is 5.26 Å². The number of hydrogen-bond donors (Lipinski definition) is 0. The quantitative estimate of drug-likeness (QED) is 0.368. The van der Waals surface area contributed by atoms with Crippen molar-refractivity contribution in [3.63, 3.8) is 0 Å².